The Balaban J connectivity index is 1.15. The highest BCUT2D eigenvalue weighted by Gasteiger charge is 2.59. The number of amides is 1. The van der Waals surface area contributed by atoms with Crippen molar-refractivity contribution < 1.29 is 27.4 Å². The zero-order chi connectivity index (χ0) is 25.9. The second-order valence-corrected chi connectivity index (χ2v) is 12.0. The minimum atomic E-state index is -4.36. The Morgan fingerprint density at radius 1 is 1.16 bits per heavy atom. The fraction of sp³-hybridized carbons (Fsp3) is 0.750. The van der Waals surface area contributed by atoms with Gasteiger partial charge in [-0.3, -0.25) is 4.79 Å². The minimum absolute atomic E-state index is 0.0422. The van der Waals surface area contributed by atoms with Gasteiger partial charge in [-0.2, -0.15) is 13.2 Å². The molecule has 2 saturated carbocycles. The number of likely N-dealkylation sites (tertiary alicyclic amines) is 1. The maximum absolute atomic E-state index is 14.2. The van der Waals surface area contributed by atoms with Crippen molar-refractivity contribution in [2.24, 2.45) is 11.3 Å². The first-order valence-corrected chi connectivity index (χ1v) is 13.8. The number of fused-ring (bicyclic) bond motifs is 3. The molecular formula is C28H38F3N3O3. The first-order chi connectivity index (χ1) is 17.7. The van der Waals surface area contributed by atoms with Gasteiger partial charge in [-0.05, 0) is 75.1 Å². The van der Waals surface area contributed by atoms with Gasteiger partial charge >= 0.3 is 6.18 Å². The third kappa shape index (κ3) is 4.44. The Kier molecular flexibility index (Phi) is 6.47. The Hall–Kier alpha value is -1.84. The number of ether oxygens (including phenoxy) is 2. The summed E-state index contributed by atoms with van der Waals surface area (Å²) in [7, 11) is 1.73. The highest BCUT2D eigenvalue weighted by molar-refractivity contribution is 5.85. The Bertz CT molecular complexity index is 1040. The molecule has 9 heteroatoms. The highest BCUT2D eigenvalue weighted by atomic mass is 19.4. The van der Waals surface area contributed by atoms with Crippen molar-refractivity contribution in [1.29, 1.82) is 0 Å². The van der Waals surface area contributed by atoms with Gasteiger partial charge in [-0.1, -0.05) is 6.42 Å². The summed E-state index contributed by atoms with van der Waals surface area (Å²) < 4.78 is 51.5. The van der Waals surface area contributed by atoms with E-state index in [1.54, 1.807) is 14.0 Å². The zero-order valence-electron chi connectivity index (χ0n) is 21.7. The van der Waals surface area contributed by atoms with Crippen molar-refractivity contribution in [2.45, 2.75) is 88.3 Å². The number of carbonyl (C=O) groups excluding carboxylic acids is 1. The maximum atomic E-state index is 14.2. The fourth-order valence-corrected chi connectivity index (χ4v) is 8.17. The molecule has 1 N–H and O–H groups in total. The van der Waals surface area contributed by atoms with Crippen LogP contribution in [0.2, 0.25) is 0 Å². The number of alkyl halides is 3. The lowest BCUT2D eigenvalue weighted by Gasteiger charge is -2.41. The zero-order valence-corrected chi connectivity index (χ0v) is 21.7. The molecule has 0 radical (unpaired) electrons. The number of methoxy groups -OCH3 is 1. The summed E-state index contributed by atoms with van der Waals surface area (Å²) >= 11 is 0. The average Bonchev–Trinajstić information content (AvgIpc) is 3.63. The van der Waals surface area contributed by atoms with E-state index in [4.69, 9.17) is 9.47 Å². The van der Waals surface area contributed by atoms with Crippen LogP contribution in [0, 0.1) is 18.3 Å². The molecule has 3 heterocycles. The van der Waals surface area contributed by atoms with Gasteiger partial charge in [0.25, 0.3) is 0 Å². The summed E-state index contributed by atoms with van der Waals surface area (Å²) in [6.45, 7) is 4.26. The summed E-state index contributed by atoms with van der Waals surface area (Å²) in [6, 6.07) is 5.01. The van der Waals surface area contributed by atoms with Crippen molar-refractivity contribution in [2.75, 3.05) is 38.3 Å². The van der Waals surface area contributed by atoms with Gasteiger partial charge in [0.1, 0.15) is 0 Å². The van der Waals surface area contributed by atoms with Crippen LogP contribution in [-0.4, -0.2) is 74.5 Å². The van der Waals surface area contributed by atoms with Gasteiger partial charge in [-0.15, -0.1) is 0 Å². The summed E-state index contributed by atoms with van der Waals surface area (Å²) in [4.78, 5) is 18.4. The second-order valence-electron chi connectivity index (χ2n) is 12.0. The summed E-state index contributed by atoms with van der Waals surface area (Å²) in [5.74, 6) is 0.696. The van der Waals surface area contributed by atoms with Crippen molar-refractivity contribution in [3.05, 3.63) is 29.3 Å². The first kappa shape index (κ1) is 25.4. The number of hydrogen-bond donors (Lipinski definition) is 1. The predicted octanol–water partition coefficient (Wildman–Crippen LogP) is 4.15. The molecule has 1 amide bonds. The van der Waals surface area contributed by atoms with Crippen LogP contribution >= 0.6 is 0 Å². The molecule has 2 aliphatic carbocycles. The van der Waals surface area contributed by atoms with Crippen molar-refractivity contribution in [1.82, 2.24) is 10.2 Å². The van der Waals surface area contributed by atoms with E-state index < -0.39 is 11.7 Å². The smallest absolute Gasteiger partial charge is 0.379 e. The van der Waals surface area contributed by atoms with E-state index in [-0.39, 0.29) is 29.6 Å². The van der Waals surface area contributed by atoms with Crippen LogP contribution in [0.5, 0.6) is 0 Å². The molecule has 0 aromatic heterocycles. The number of hydrogen-bond acceptors (Lipinski definition) is 5. The van der Waals surface area contributed by atoms with E-state index in [1.165, 1.54) is 12.1 Å². The quantitative estimate of drug-likeness (QED) is 0.631. The van der Waals surface area contributed by atoms with E-state index in [0.717, 1.165) is 51.6 Å². The number of rotatable bonds is 5. The molecule has 3 saturated heterocycles. The molecule has 0 spiro atoms. The van der Waals surface area contributed by atoms with Gasteiger partial charge in [0.2, 0.25) is 5.91 Å². The molecule has 37 heavy (non-hydrogen) atoms. The van der Waals surface area contributed by atoms with Crippen LogP contribution < -0.4 is 10.2 Å². The van der Waals surface area contributed by atoms with Crippen molar-refractivity contribution in [3.8, 4) is 0 Å². The van der Waals surface area contributed by atoms with E-state index >= 15 is 0 Å². The first-order valence-electron chi connectivity index (χ1n) is 13.8. The third-order valence-corrected chi connectivity index (χ3v) is 9.84. The maximum Gasteiger partial charge on any atom is 0.416 e. The van der Waals surface area contributed by atoms with Crippen LogP contribution in [-0.2, 0) is 20.4 Å². The Morgan fingerprint density at radius 3 is 2.73 bits per heavy atom. The van der Waals surface area contributed by atoms with Crippen LogP contribution in [0.3, 0.4) is 0 Å². The van der Waals surface area contributed by atoms with Crippen LogP contribution in [0.4, 0.5) is 18.9 Å². The number of anilines is 1. The van der Waals surface area contributed by atoms with Crippen LogP contribution in [0.15, 0.2) is 18.2 Å². The fourth-order valence-electron chi connectivity index (χ4n) is 8.17. The van der Waals surface area contributed by atoms with Gasteiger partial charge in [-0.25, -0.2) is 0 Å². The lowest BCUT2D eigenvalue weighted by Crippen LogP contribution is -2.54. The van der Waals surface area contributed by atoms with E-state index in [1.807, 2.05) is 6.07 Å². The number of nitrogens with one attached hydrogen (secondary N) is 1. The Labute approximate surface area is 216 Å². The number of nitrogens with zero attached hydrogens (tertiary/aromatic N) is 2. The highest BCUT2D eigenvalue weighted by Crippen LogP contribution is 2.56. The average molecular weight is 522 g/mol. The molecule has 5 fully saturated rings. The van der Waals surface area contributed by atoms with E-state index in [0.29, 0.717) is 48.8 Å². The SMILES string of the molecule is CO[C@@H]1COCC[C@@H]1N[C@@H]1C[C@H]2CCC[C@@]2(C(=O)N2C[C@H]3C[C@H]2CN3c2cc(C)cc(C(F)(F)F)c2)C1. The van der Waals surface area contributed by atoms with Gasteiger partial charge in [0, 0.05) is 50.6 Å². The topological polar surface area (TPSA) is 54.0 Å². The van der Waals surface area contributed by atoms with Crippen LogP contribution in [0.25, 0.3) is 0 Å². The second kappa shape index (κ2) is 9.42. The molecule has 1 aromatic rings. The summed E-state index contributed by atoms with van der Waals surface area (Å²) in [5.41, 5.74) is 0.333. The number of halogens is 3. The predicted molar refractivity (Wildman–Crippen MR) is 133 cm³/mol. The van der Waals surface area contributed by atoms with E-state index in [9.17, 15) is 18.0 Å². The van der Waals surface area contributed by atoms with Crippen LogP contribution in [0.1, 0.15) is 56.1 Å². The standard InChI is InChI=1S/C28H38F3N3O3/c1-17-8-19(28(29,30)31)11-21(9-17)33-14-23-12-22(33)15-34(23)26(35)27-6-3-4-18(27)10-20(13-27)32-24-5-7-37-16-25(24)36-2/h8-9,11,18,20,22-25,32H,3-7,10,12-16H2,1-2H3/t18-,20-,22-,23+,24+,25-,27-/m1/s1. The molecule has 0 unspecified atom stereocenters. The van der Waals surface area contributed by atoms with Crippen molar-refractivity contribution >= 4 is 11.6 Å². The number of piperazine rings is 1. The monoisotopic (exact) mass is 521 g/mol. The number of benzene rings is 1. The van der Waals surface area contributed by atoms with Gasteiger partial charge < -0.3 is 24.6 Å². The molecule has 2 bridgehead atoms. The molecular weight excluding hydrogens is 483 g/mol. The molecule has 6 rings (SSSR count). The van der Waals surface area contributed by atoms with E-state index in [2.05, 4.69) is 15.1 Å². The van der Waals surface area contributed by atoms with Crippen molar-refractivity contribution in [3.63, 3.8) is 0 Å². The molecule has 204 valence electrons. The molecule has 7 atom stereocenters. The molecule has 1 aromatic carbocycles. The lowest BCUT2D eigenvalue weighted by atomic mass is 9.78. The van der Waals surface area contributed by atoms with Gasteiger partial charge in [0.05, 0.1) is 29.7 Å². The largest absolute Gasteiger partial charge is 0.416 e. The minimum Gasteiger partial charge on any atom is -0.379 e. The summed E-state index contributed by atoms with van der Waals surface area (Å²) in [5, 5.41) is 3.83. The number of aryl methyl sites for hydroxylation is 1. The number of carbonyl (C=O) groups is 1. The molecule has 6 nitrogen and oxygen atoms in total. The third-order valence-electron chi connectivity index (χ3n) is 9.84. The normalized spacial score (nSPS) is 37.4. The summed E-state index contributed by atoms with van der Waals surface area (Å²) in [6.07, 6.45) is 2.47. The lowest BCUT2D eigenvalue weighted by molar-refractivity contribution is -0.144. The Morgan fingerprint density at radius 2 is 2.00 bits per heavy atom. The van der Waals surface area contributed by atoms with Gasteiger partial charge in [0.15, 0.2) is 0 Å². The molecule has 3 aliphatic heterocycles. The molecule has 5 aliphatic rings.